The Morgan fingerprint density at radius 3 is 2.03 bits per heavy atom. The van der Waals surface area contributed by atoms with Gasteiger partial charge in [0.1, 0.15) is 5.82 Å². The van der Waals surface area contributed by atoms with Crippen LogP contribution in [0.1, 0.15) is 11.1 Å². The molecule has 5 rings (SSSR count). The number of hydrogen-bond acceptors (Lipinski definition) is 7. The van der Waals surface area contributed by atoms with E-state index >= 15 is 0 Å². The van der Waals surface area contributed by atoms with E-state index in [4.69, 9.17) is 4.98 Å². The number of nitro benzene ring substituents is 2. The Balaban J connectivity index is 1.79. The van der Waals surface area contributed by atoms with Gasteiger partial charge in [0.15, 0.2) is 11.3 Å². The van der Waals surface area contributed by atoms with Gasteiger partial charge in [0.25, 0.3) is 11.4 Å². The minimum absolute atomic E-state index is 0.242. The van der Waals surface area contributed by atoms with E-state index in [2.05, 4.69) is 9.97 Å². The van der Waals surface area contributed by atoms with Gasteiger partial charge in [-0.15, -0.1) is 0 Å². The molecule has 10 nitrogen and oxygen atoms in total. The number of fused-ring (bicyclic) bond motifs is 2. The van der Waals surface area contributed by atoms with Gasteiger partial charge >= 0.3 is 0 Å². The van der Waals surface area contributed by atoms with Crippen molar-refractivity contribution in [3.63, 3.8) is 0 Å². The molecule has 0 unspecified atom stereocenters. The number of aromatic nitrogens is 4. The first-order valence-corrected chi connectivity index (χ1v) is 10.0. The van der Waals surface area contributed by atoms with Gasteiger partial charge in [-0.05, 0) is 24.6 Å². The molecule has 0 fully saturated rings. The van der Waals surface area contributed by atoms with Crippen LogP contribution >= 0.6 is 0 Å². The molecular formula is C23H16N6O4. The van der Waals surface area contributed by atoms with E-state index in [1.807, 2.05) is 55.5 Å². The third-order valence-electron chi connectivity index (χ3n) is 5.30. The van der Waals surface area contributed by atoms with Gasteiger partial charge < -0.3 is 4.57 Å². The van der Waals surface area contributed by atoms with Gasteiger partial charge in [-0.3, -0.25) is 20.2 Å². The predicted octanol–water partition coefficient (Wildman–Crippen LogP) is 4.82. The molecule has 0 radical (unpaired) electrons. The lowest BCUT2D eigenvalue weighted by atomic mass is 10.1. The summed E-state index contributed by atoms with van der Waals surface area (Å²) in [6.45, 7) is 2.34. The minimum atomic E-state index is -0.658. The Morgan fingerprint density at radius 2 is 1.42 bits per heavy atom. The van der Waals surface area contributed by atoms with Crippen LogP contribution in [0.2, 0.25) is 0 Å². The number of aryl methyl sites for hydroxylation is 1. The molecule has 0 saturated heterocycles. The van der Waals surface area contributed by atoms with Crippen LogP contribution in [0.3, 0.4) is 0 Å². The number of para-hydroxylation sites is 2. The molecule has 0 aliphatic heterocycles. The van der Waals surface area contributed by atoms with E-state index in [1.165, 1.54) is 12.1 Å². The van der Waals surface area contributed by atoms with Gasteiger partial charge in [0, 0.05) is 17.7 Å². The Bertz CT molecular complexity index is 1530. The molecule has 162 valence electrons. The van der Waals surface area contributed by atoms with E-state index in [-0.39, 0.29) is 16.9 Å². The summed E-state index contributed by atoms with van der Waals surface area (Å²) in [4.78, 5) is 35.4. The van der Waals surface area contributed by atoms with Crippen LogP contribution < -0.4 is 0 Å². The zero-order chi connectivity index (χ0) is 23.1. The molecule has 0 aliphatic carbocycles. The topological polar surface area (TPSA) is 130 Å². The van der Waals surface area contributed by atoms with E-state index in [0.717, 1.165) is 17.2 Å². The summed E-state index contributed by atoms with van der Waals surface area (Å²) in [6.07, 6.45) is 0. The maximum Gasteiger partial charge on any atom is 0.277 e. The van der Waals surface area contributed by atoms with Gasteiger partial charge in [0.2, 0.25) is 0 Å². The van der Waals surface area contributed by atoms with Crippen molar-refractivity contribution in [2.24, 2.45) is 0 Å². The zero-order valence-electron chi connectivity index (χ0n) is 17.4. The molecule has 0 atom stereocenters. The smallest absolute Gasteiger partial charge is 0.277 e. The third kappa shape index (κ3) is 3.74. The van der Waals surface area contributed by atoms with Crippen molar-refractivity contribution in [1.82, 2.24) is 19.5 Å². The van der Waals surface area contributed by atoms with Gasteiger partial charge in [-0.25, -0.2) is 15.0 Å². The molecule has 0 aliphatic rings. The number of hydrogen-bond donors (Lipinski definition) is 0. The monoisotopic (exact) mass is 440 g/mol. The number of non-ortho nitro benzene ring substituents is 2. The average molecular weight is 440 g/mol. The summed E-state index contributed by atoms with van der Waals surface area (Å²) in [5.74, 6) is 0.313. The Kier molecular flexibility index (Phi) is 4.74. The Labute approximate surface area is 186 Å². The van der Waals surface area contributed by atoms with Crippen LogP contribution in [0, 0.1) is 27.2 Å². The molecule has 33 heavy (non-hydrogen) atoms. The van der Waals surface area contributed by atoms with Crippen molar-refractivity contribution in [3.05, 3.63) is 98.1 Å². The van der Waals surface area contributed by atoms with Gasteiger partial charge in [0.05, 0.1) is 33.5 Å². The average Bonchev–Trinajstić information content (AvgIpc) is 3.15. The Hall–Kier alpha value is -4.73. The van der Waals surface area contributed by atoms with Crippen molar-refractivity contribution in [1.29, 1.82) is 0 Å². The second-order valence-corrected chi connectivity index (χ2v) is 7.62. The normalized spacial score (nSPS) is 11.2. The molecule has 0 N–H and O–H groups in total. The van der Waals surface area contributed by atoms with Crippen LogP contribution in [-0.2, 0) is 6.54 Å². The number of imidazole rings is 1. The molecular weight excluding hydrogens is 424 g/mol. The van der Waals surface area contributed by atoms with Crippen molar-refractivity contribution >= 4 is 33.7 Å². The van der Waals surface area contributed by atoms with Crippen LogP contribution in [0.15, 0.2) is 66.7 Å². The number of nitrogens with zero attached hydrogens (tertiary/aromatic N) is 6. The highest BCUT2D eigenvalue weighted by Crippen LogP contribution is 2.32. The standard InChI is InChI=1S/C23H16N6O4/c1-14-6-8-15(9-7-14)13-27-22(16-10-17(28(30)31)12-18(11-16)29(32)33)26-21-23(27)25-20-5-3-2-4-19(20)24-21/h2-12H,13H2,1H3. The molecule has 2 aromatic heterocycles. The van der Waals surface area contributed by atoms with Gasteiger partial charge in [-0.1, -0.05) is 42.0 Å². The quantitative estimate of drug-likeness (QED) is 0.283. The summed E-state index contributed by atoms with van der Waals surface area (Å²) in [5.41, 5.74) is 3.69. The van der Waals surface area contributed by atoms with Crippen molar-refractivity contribution in [2.45, 2.75) is 13.5 Å². The first kappa shape index (κ1) is 20.2. The highest BCUT2D eigenvalue weighted by molar-refractivity contribution is 5.85. The van der Waals surface area contributed by atoms with Crippen molar-refractivity contribution < 1.29 is 9.85 Å². The first-order valence-electron chi connectivity index (χ1n) is 10.0. The zero-order valence-corrected chi connectivity index (χ0v) is 17.4. The Morgan fingerprint density at radius 1 is 0.818 bits per heavy atom. The lowest BCUT2D eigenvalue weighted by Gasteiger charge is -2.10. The lowest BCUT2D eigenvalue weighted by molar-refractivity contribution is -0.394. The van der Waals surface area contributed by atoms with Crippen LogP contribution in [0.4, 0.5) is 11.4 Å². The van der Waals surface area contributed by atoms with Gasteiger partial charge in [-0.2, -0.15) is 0 Å². The number of benzene rings is 3. The molecule has 0 saturated carbocycles. The van der Waals surface area contributed by atoms with Crippen LogP contribution in [0.25, 0.3) is 33.7 Å². The van der Waals surface area contributed by atoms with Crippen LogP contribution in [0.5, 0.6) is 0 Å². The fraction of sp³-hybridized carbons (Fsp3) is 0.0870. The summed E-state index contributed by atoms with van der Waals surface area (Å²) in [6, 6.07) is 18.7. The molecule has 5 aromatic rings. The number of nitro groups is 2. The first-order chi connectivity index (χ1) is 15.9. The summed E-state index contributed by atoms with van der Waals surface area (Å²) < 4.78 is 1.78. The fourth-order valence-electron chi connectivity index (χ4n) is 3.68. The van der Waals surface area contributed by atoms with Crippen molar-refractivity contribution in [3.8, 4) is 11.4 Å². The SMILES string of the molecule is Cc1ccc(Cn2c(-c3cc([N+](=O)[O-])cc([N+](=O)[O-])c3)nc3nc4ccccc4nc32)cc1. The summed E-state index contributed by atoms with van der Waals surface area (Å²) in [7, 11) is 0. The molecule has 3 aromatic carbocycles. The van der Waals surface area contributed by atoms with E-state index in [9.17, 15) is 20.2 Å². The molecule has 0 spiro atoms. The number of rotatable bonds is 5. The maximum absolute atomic E-state index is 11.4. The highest BCUT2D eigenvalue weighted by Gasteiger charge is 2.22. The van der Waals surface area contributed by atoms with E-state index in [1.54, 1.807) is 4.57 Å². The summed E-state index contributed by atoms with van der Waals surface area (Å²) >= 11 is 0. The predicted molar refractivity (Wildman–Crippen MR) is 122 cm³/mol. The fourth-order valence-corrected chi connectivity index (χ4v) is 3.68. The minimum Gasteiger partial charge on any atom is -0.303 e. The molecule has 0 bridgehead atoms. The molecule has 0 amide bonds. The molecule has 2 heterocycles. The largest absolute Gasteiger partial charge is 0.303 e. The maximum atomic E-state index is 11.4. The van der Waals surface area contributed by atoms with E-state index < -0.39 is 9.85 Å². The third-order valence-corrected chi connectivity index (χ3v) is 5.30. The van der Waals surface area contributed by atoms with Crippen molar-refractivity contribution in [2.75, 3.05) is 0 Å². The lowest BCUT2D eigenvalue weighted by Crippen LogP contribution is -2.04. The second-order valence-electron chi connectivity index (χ2n) is 7.62. The summed E-state index contributed by atoms with van der Waals surface area (Å²) in [5, 5.41) is 22.9. The highest BCUT2D eigenvalue weighted by atomic mass is 16.6. The second kappa shape index (κ2) is 7.75. The molecule has 10 heteroatoms. The van der Waals surface area contributed by atoms with E-state index in [0.29, 0.717) is 34.7 Å². The van der Waals surface area contributed by atoms with Crippen LogP contribution in [-0.4, -0.2) is 29.4 Å².